The molecule has 1 atom stereocenters. The normalized spacial score (nSPS) is 13.6. The maximum Gasteiger partial charge on any atom is 0.416 e. The largest absolute Gasteiger partial charge is 0.416 e. The Balaban J connectivity index is 2.20. The summed E-state index contributed by atoms with van der Waals surface area (Å²) in [7, 11) is -2.66. The topological polar surface area (TPSA) is 55.4 Å². The third kappa shape index (κ3) is 4.81. The van der Waals surface area contributed by atoms with E-state index in [1.807, 2.05) is 25.1 Å². The lowest BCUT2D eigenvalue weighted by Gasteiger charge is -2.19. The third-order valence-electron chi connectivity index (χ3n) is 3.75. The number of methoxy groups -OCH3 is 1. The Morgan fingerprint density at radius 3 is 2.40 bits per heavy atom. The van der Waals surface area contributed by atoms with E-state index in [1.54, 1.807) is 6.07 Å². The standard InChI is InChI=1S/C17H18F3NO3S/c1-12-6-3-4-9-15(12)16(24-2)11-21-25(22,23)14-8-5-7-13(10-14)17(18,19)20/h3-10,16,21H,11H2,1-2H3/t16-/m1/s1. The van der Waals surface area contributed by atoms with Crippen molar-refractivity contribution in [1.29, 1.82) is 0 Å². The van der Waals surface area contributed by atoms with E-state index in [-0.39, 0.29) is 6.54 Å². The van der Waals surface area contributed by atoms with Gasteiger partial charge in [0.15, 0.2) is 0 Å². The maximum atomic E-state index is 12.8. The minimum Gasteiger partial charge on any atom is -0.375 e. The van der Waals surface area contributed by atoms with E-state index in [4.69, 9.17) is 4.74 Å². The van der Waals surface area contributed by atoms with Gasteiger partial charge in [0.1, 0.15) is 0 Å². The molecule has 0 saturated heterocycles. The first-order valence-electron chi connectivity index (χ1n) is 7.40. The highest BCUT2D eigenvalue weighted by molar-refractivity contribution is 7.89. The molecule has 2 aromatic rings. The summed E-state index contributed by atoms with van der Waals surface area (Å²) < 4.78 is 70.5. The van der Waals surface area contributed by atoms with Crippen LogP contribution in [0, 0.1) is 6.92 Å². The average molecular weight is 373 g/mol. The highest BCUT2D eigenvalue weighted by Crippen LogP contribution is 2.30. The first-order chi connectivity index (χ1) is 11.6. The molecule has 136 valence electrons. The van der Waals surface area contributed by atoms with Gasteiger partial charge in [0.05, 0.1) is 16.6 Å². The second-order valence-corrected chi connectivity index (χ2v) is 7.23. The molecule has 8 heteroatoms. The zero-order valence-electron chi connectivity index (χ0n) is 13.7. The quantitative estimate of drug-likeness (QED) is 0.840. The summed E-state index contributed by atoms with van der Waals surface area (Å²) in [6, 6.07) is 10.9. The molecular weight excluding hydrogens is 355 g/mol. The molecule has 25 heavy (non-hydrogen) atoms. The molecule has 1 N–H and O–H groups in total. The Labute approximate surface area is 144 Å². The number of rotatable bonds is 6. The predicted molar refractivity (Wildman–Crippen MR) is 87.6 cm³/mol. The fraction of sp³-hybridized carbons (Fsp3) is 0.294. The number of aryl methyl sites for hydroxylation is 1. The number of halogens is 3. The Hall–Kier alpha value is -1.90. The van der Waals surface area contributed by atoms with Gasteiger partial charge in [0.2, 0.25) is 10.0 Å². The van der Waals surface area contributed by atoms with E-state index >= 15 is 0 Å². The van der Waals surface area contributed by atoms with Crippen LogP contribution < -0.4 is 4.72 Å². The summed E-state index contributed by atoms with van der Waals surface area (Å²) in [4.78, 5) is -0.443. The Bertz CT molecular complexity index is 835. The van der Waals surface area contributed by atoms with Gasteiger partial charge in [-0.25, -0.2) is 13.1 Å². The van der Waals surface area contributed by atoms with Gasteiger partial charge in [-0.2, -0.15) is 13.2 Å². The molecule has 0 unspecified atom stereocenters. The van der Waals surface area contributed by atoms with Crippen molar-refractivity contribution in [1.82, 2.24) is 4.72 Å². The van der Waals surface area contributed by atoms with Crippen molar-refractivity contribution in [3.63, 3.8) is 0 Å². The summed E-state index contributed by atoms with van der Waals surface area (Å²) in [6.07, 6.45) is -5.16. The molecule has 0 bridgehead atoms. The molecule has 0 fully saturated rings. The van der Waals surface area contributed by atoms with Gasteiger partial charge < -0.3 is 4.74 Å². The summed E-state index contributed by atoms with van der Waals surface area (Å²) in [5.74, 6) is 0. The van der Waals surface area contributed by atoms with E-state index < -0.39 is 32.8 Å². The van der Waals surface area contributed by atoms with Crippen LogP contribution in [0.1, 0.15) is 22.8 Å². The van der Waals surface area contributed by atoms with Gasteiger partial charge in [-0.1, -0.05) is 30.3 Å². The fourth-order valence-electron chi connectivity index (χ4n) is 2.38. The summed E-state index contributed by atoms with van der Waals surface area (Å²) in [5.41, 5.74) is 0.710. The van der Waals surface area contributed by atoms with E-state index in [2.05, 4.69) is 4.72 Å². The van der Waals surface area contributed by atoms with E-state index in [0.717, 1.165) is 29.3 Å². The third-order valence-corrected chi connectivity index (χ3v) is 5.17. The number of benzene rings is 2. The van der Waals surface area contributed by atoms with Gasteiger partial charge in [-0.3, -0.25) is 0 Å². The average Bonchev–Trinajstić information content (AvgIpc) is 2.56. The lowest BCUT2D eigenvalue weighted by molar-refractivity contribution is -0.137. The van der Waals surface area contributed by atoms with Crippen LogP contribution >= 0.6 is 0 Å². The van der Waals surface area contributed by atoms with E-state index in [0.29, 0.717) is 6.07 Å². The molecule has 2 aromatic carbocycles. The molecule has 0 spiro atoms. The van der Waals surface area contributed by atoms with Crippen LogP contribution in [-0.4, -0.2) is 22.1 Å². The van der Waals surface area contributed by atoms with Crippen molar-refractivity contribution in [2.75, 3.05) is 13.7 Å². The van der Waals surface area contributed by atoms with Crippen LogP contribution in [0.25, 0.3) is 0 Å². The van der Waals surface area contributed by atoms with E-state index in [1.165, 1.54) is 7.11 Å². The lowest BCUT2D eigenvalue weighted by Crippen LogP contribution is -2.29. The van der Waals surface area contributed by atoms with Crippen molar-refractivity contribution in [2.45, 2.75) is 24.1 Å². The molecule has 0 aliphatic rings. The predicted octanol–water partition coefficient (Wildman–Crippen LogP) is 3.68. The second kappa shape index (κ2) is 7.55. The number of alkyl halides is 3. The Kier molecular flexibility index (Phi) is 5.87. The molecule has 0 radical (unpaired) electrons. The molecule has 2 rings (SSSR count). The monoisotopic (exact) mass is 373 g/mol. The highest BCUT2D eigenvalue weighted by atomic mass is 32.2. The smallest absolute Gasteiger partial charge is 0.375 e. The Morgan fingerprint density at radius 1 is 1.12 bits per heavy atom. The van der Waals surface area contributed by atoms with Crippen LogP contribution in [0.2, 0.25) is 0 Å². The maximum absolute atomic E-state index is 12.8. The van der Waals surface area contributed by atoms with Crippen molar-refractivity contribution in [3.05, 3.63) is 65.2 Å². The molecule has 0 amide bonds. The summed E-state index contributed by atoms with van der Waals surface area (Å²) in [5, 5.41) is 0. The molecule has 0 saturated carbocycles. The fourth-order valence-corrected chi connectivity index (χ4v) is 3.45. The Morgan fingerprint density at radius 2 is 1.80 bits per heavy atom. The number of hydrogen-bond acceptors (Lipinski definition) is 3. The van der Waals surface area contributed by atoms with Gasteiger partial charge in [-0.15, -0.1) is 0 Å². The molecule has 0 aliphatic heterocycles. The van der Waals surface area contributed by atoms with Crippen molar-refractivity contribution in [2.24, 2.45) is 0 Å². The zero-order chi connectivity index (χ0) is 18.7. The van der Waals surface area contributed by atoms with Crippen molar-refractivity contribution in [3.8, 4) is 0 Å². The van der Waals surface area contributed by atoms with Crippen molar-refractivity contribution < 1.29 is 26.3 Å². The van der Waals surface area contributed by atoms with Gasteiger partial charge in [-0.05, 0) is 36.2 Å². The van der Waals surface area contributed by atoms with Crippen LogP contribution in [0.15, 0.2) is 53.4 Å². The minimum absolute atomic E-state index is 0.0973. The number of sulfonamides is 1. The van der Waals surface area contributed by atoms with Gasteiger partial charge >= 0.3 is 6.18 Å². The minimum atomic E-state index is -4.61. The van der Waals surface area contributed by atoms with Crippen LogP contribution in [0.5, 0.6) is 0 Å². The first-order valence-corrected chi connectivity index (χ1v) is 8.88. The highest BCUT2D eigenvalue weighted by Gasteiger charge is 2.31. The molecular formula is C17H18F3NO3S. The summed E-state index contributed by atoms with van der Waals surface area (Å²) in [6.45, 7) is 1.77. The first kappa shape index (κ1) is 19.4. The zero-order valence-corrected chi connectivity index (χ0v) is 14.5. The second-order valence-electron chi connectivity index (χ2n) is 5.46. The van der Waals surface area contributed by atoms with Crippen LogP contribution in [-0.2, 0) is 20.9 Å². The lowest BCUT2D eigenvalue weighted by atomic mass is 10.0. The van der Waals surface area contributed by atoms with E-state index in [9.17, 15) is 21.6 Å². The van der Waals surface area contributed by atoms with Crippen LogP contribution in [0.3, 0.4) is 0 Å². The molecule has 4 nitrogen and oxygen atoms in total. The summed E-state index contributed by atoms with van der Waals surface area (Å²) >= 11 is 0. The van der Waals surface area contributed by atoms with Crippen molar-refractivity contribution >= 4 is 10.0 Å². The molecule has 0 aromatic heterocycles. The molecule has 0 heterocycles. The number of hydrogen-bond donors (Lipinski definition) is 1. The number of ether oxygens (including phenoxy) is 1. The van der Waals surface area contributed by atoms with Gasteiger partial charge in [0, 0.05) is 13.7 Å². The number of nitrogens with one attached hydrogen (secondary N) is 1. The van der Waals surface area contributed by atoms with Gasteiger partial charge in [0.25, 0.3) is 0 Å². The SMILES string of the molecule is CO[C@H](CNS(=O)(=O)c1cccc(C(F)(F)F)c1)c1ccccc1C. The van der Waals surface area contributed by atoms with Crippen LogP contribution in [0.4, 0.5) is 13.2 Å². The molecule has 0 aliphatic carbocycles.